The Hall–Kier alpha value is -3.70. The first-order chi connectivity index (χ1) is 15.1. The van der Waals surface area contributed by atoms with E-state index in [-0.39, 0.29) is 12.4 Å². The molecule has 0 spiro atoms. The molecule has 2 aromatic rings. The molecule has 0 unspecified atom stereocenters. The lowest BCUT2D eigenvalue weighted by atomic mass is 9.92. The van der Waals surface area contributed by atoms with Crippen molar-refractivity contribution in [2.24, 2.45) is 10.7 Å². The lowest BCUT2D eigenvalue weighted by Gasteiger charge is -2.35. The standard InChI is InChI=1S/C23H20N4O3S/c1-3-30-22(28)18-19(14-7-5-4-6-8-14)26-23-27(21(25)17(13-24)31-23)20(18)15-9-11-16(29-2)12-10-15/h4-12,20H,3,25H2,1-2H3/t20-/m1/s1. The van der Waals surface area contributed by atoms with Crippen molar-refractivity contribution < 1.29 is 14.3 Å². The number of allylic oxidation sites excluding steroid dienone is 1. The van der Waals surface area contributed by atoms with Crippen LogP contribution in [0.5, 0.6) is 5.75 Å². The fraction of sp³-hybridized carbons (Fsp3) is 0.174. The third kappa shape index (κ3) is 3.64. The van der Waals surface area contributed by atoms with Crippen LogP contribution in [0.4, 0.5) is 0 Å². The third-order valence-corrected chi connectivity index (χ3v) is 5.94. The number of thioether (sulfide) groups is 1. The molecule has 1 atom stereocenters. The van der Waals surface area contributed by atoms with Gasteiger partial charge in [0.1, 0.15) is 22.5 Å². The highest BCUT2D eigenvalue weighted by Gasteiger charge is 2.43. The fourth-order valence-electron chi connectivity index (χ4n) is 3.56. The van der Waals surface area contributed by atoms with Crippen LogP contribution in [-0.4, -0.2) is 29.8 Å². The first-order valence-electron chi connectivity index (χ1n) is 9.65. The van der Waals surface area contributed by atoms with Gasteiger partial charge in [0, 0.05) is 5.56 Å². The Morgan fingerprint density at radius 2 is 1.94 bits per heavy atom. The molecule has 0 aromatic heterocycles. The van der Waals surface area contributed by atoms with Gasteiger partial charge in [-0.05, 0) is 36.4 Å². The normalized spacial score (nSPS) is 17.8. The Morgan fingerprint density at radius 3 is 2.55 bits per heavy atom. The van der Waals surface area contributed by atoms with Gasteiger partial charge < -0.3 is 15.2 Å². The number of benzene rings is 2. The van der Waals surface area contributed by atoms with Crippen LogP contribution >= 0.6 is 11.8 Å². The number of carbonyl (C=O) groups is 1. The number of esters is 1. The summed E-state index contributed by atoms with van der Waals surface area (Å²) in [6.07, 6.45) is 0. The van der Waals surface area contributed by atoms with Gasteiger partial charge >= 0.3 is 5.97 Å². The van der Waals surface area contributed by atoms with Gasteiger partial charge in [-0.2, -0.15) is 5.26 Å². The molecule has 0 aliphatic carbocycles. The van der Waals surface area contributed by atoms with Crippen molar-refractivity contribution in [3.8, 4) is 11.8 Å². The molecule has 7 nitrogen and oxygen atoms in total. The molecule has 0 amide bonds. The Bertz CT molecular complexity index is 1150. The highest BCUT2D eigenvalue weighted by molar-refractivity contribution is 8.17. The highest BCUT2D eigenvalue weighted by Crippen LogP contribution is 2.47. The van der Waals surface area contributed by atoms with E-state index in [2.05, 4.69) is 6.07 Å². The molecule has 2 aromatic carbocycles. The zero-order valence-electron chi connectivity index (χ0n) is 17.0. The fourth-order valence-corrected chi connectivity index (χ4v) is 4.43. The molecule has 0 radical (unpaired) electrons. The average molecular weight is 433 g/mol. The van der Waals surface area contributed by atoms with Crippen LogP contribution in [0.3, 0.4) is 0 Å². The molecule has 156 valence electrons. The molecule has 0 fully saturated rings. The highest BCUT2D eigenvalue weighted by atomic mass is 32.2. The van der Waals surface area contributed by atoms with E-state index in [1.165, 1.54) is 11.8 Å². The molecule has 0 bridgehead atoms. The molecular weight excluding hydrogens is 412 g/mol. The van der Waals surface area contributed by atoms with Crippen molar-refractivity contribution in [1.29, 1.82) is 5.26 Å². The summed E-state index contributed by atoms with van der Waals surface area (Å²) in [6.45, 7) is 1.98. The first kappa shape index (κ1) is 20.6. The van der Waals surface area contributed by atoms with Crippen LogP contribution in [0.15, 0.2) is 75.9 Å². The summed E-state index contributed by atoms with van der Waals surface area (Å²) in [4.78, 5) is 20.0. The van der Waals surface area contributed by atoms with Gasteiger partial charge in [-0.25, -0.2) is 9.79 Å². The summed E-state index contributed by atoms with van der Waals surface area (Å²) >= 11 is 1.19. The van der Waals surface area contributed by atoms with Crippen LogP contribution in [-0.2, 0) is 9.53 Å². The summed E-state index contributed by atoms with van der Waals surface area (Å²) < 4.78 is 10.7. The maximum atomic E-state index is 13.2. The van der Waals surface area contributed by atoms with Crippen LogP contribution < -0.4 is 10.5 Å². The zero-order chi connectivity index (χ0) is 22.0. The summed E-state index contributed by atoms with van der Waals surface area (Å²) in [6, 6.07) is 18.3. The van der Waals surface area contributed by atoms with E-state index < -0.39 is 12.0 Å². The van der Waals surface area contributed by atoms with Crippen molar-refractivity contribution >= 4 is 28.6 Å². The Morgan fingerprint density at radius 1 is 1.23 bits per heavy atom. The van der Waals surface area contributed by atoms with Gasteiger partial charge in [0.15, 0.2) is 5.17 Å². The molecule has 2 aliphatic heterocycles. The number of hydrogen-bond acceptors (Lipinski definition) is 8. The number of aliphatic imine (C=N–C) groups is 1. The molecule has 31 heavy (non-hydrogen) atoms. The van der Waals surface area contributed by atoms with E-state index in [1.807, 2.05) is 54.6 Å². The minimum absolute atomic E-state index is 0.222. The second-order valence-electron chi connectivity index (χ2n) is 6.72. The molecule has 8 heteroatoms. The van der Waals surface area contributed by atoms with Crippen LogP contribution in [0, 0.1) is 11.3 Å². The van der Waals surface area contributed by atoms with E-state index in [0.29, 0.717) is 27.1 Å². The van der Waals surface area contributed by atoms with Crippen molar-refractivity contribution in [1.82, 2.24) is 4.90 Å². The lowest BCUT2D eigenvalue weighted by Crippen LogP contribution is -2.38. The Balaban J connectivity index is 1.98. The van der Waals surface area contributed by atoms with E-state index in [0.717, 1.165) is 11.1 Å². The van der Waals surface area contributed by atoms with Gasteiger partial charge in [0.2, 0.25) is 0 Å². The number of rotatable bonds is 5. The second kappa shape index (κ2) is 8.58. The topological polar surface area (TPSA) is 101 Å². The minimum atomic E-state index is -0.606. The van der Waals surface area contributed by atoms with Gasteiger partial charge in [-0.1, -0.05) is 42.5 Å². The minimum Gasteiger partial charge on any atom is -0.497 e. The first-order valence-corrected chi connectivity index (χ1v) is 10.5. The number of nitrogens with zero attached hydrogens (tertiary/aromatic N) is 3. The lowest BCUT2D eigenvalue weighted by molar-refractivity contribution is -0.139. The van der Waals surface area contributed by atoms with Crippen molar-refractivity contribution in [3.05, 3.63) is 82.0 Å². The van der Waals surface area contributed by atoms with Crippen LogP contribution in [0.1, 0.15) is 24.1 Å². The molecule has 0 saturated heterocycles. The third-order valence-electron chi connectivity index (χ3n) is 4.96. The van der Waals surface area contributed by atoms with Gasteiger partial charge in [0.05, 0.1) is 31.0 Å². The van der Waals surface area contributed by atoms with E-state index >= 15 is 0 Å². The SMILES string of the molecule is CCOC(=O)C1=C(c2ccccc2)N=C2SC(C#N)=C(N)N2[C@@H]1c1ccc(OC)cc1. The molecule has 4 rings (SSSR count). The Kier molecular flexibility index (Phi) is 5.69. The van der Waals surface area contributed by atoms with Gasteiger partial charge in [0.25, 0.3) is 0 Å². The van der Waals surface area contributed by atoms with E-state index in [1.54, 1.807) is 18.9 Å². The quantitative estimate of drug-likeness (QED) is 0.718. The number of nitrogens with two attached hydrogens (primary N) is 1. The average Bonchev–Trinajstić information content (AvgIpc) is 3.14. The van der Waals surface area contributed by atoms with Crippen molar-refractivity contribution in [2.75, 3.05) is 13.7 Å². The number of amidine groups is 1. The monoisotopic (exact) mass is 432 g/mol. The number of ether oxygens (including phenoxy) is 2. The second-order valence-corrected chi connectivity index (χ2v) is 7.69. The predicted molar refractivity (Wildman–Crippen MR) is 119 cm³/mol. The number of nitriles is 1. The molecule has 2 heterocycles. The largest absolute Gasteiger partial charge is 0.497 e. The number of fused-ring (bicyclic) bond motifs is 1. The summed E-state index contributed by atoms with van der Waals surface area (Å²) in [5.41, 5.74) is 8.78. The number of carbonyl (C=O) groups excluding carboxylic acids is 1. The smallest absolute Gasteiger partial charge is 0.338 e. The van der Waals surface area contributed by atoms with Gasteiger partial charge in [-0.3, -0.25) is 4.90 Å². The number of methoxy groups -OCH3 is 1. The Labute approximate surface area is 184 Å². The maximum Gasteiger partial charge on any atom is 0.338 e. The van der Waals surface area contributed by atoms with Crippen molar-refractivity contribution in [2.45, 2.75) is 13.0 Å². The molecular formula is C23H20N4O3S. The van der Waals surface area contributed by atoms with Crippen LogP contribution in [0.25, 0.3) is 5.70 Å². The number of hydrogen-bond donors (Lipinski definition) is 1. The summed E-state index contributed by atoms with van der Waals surface area (Å²) in [5, 5.41) is 10.1. The summed E-state index contributed by atoms with van der Waals surface area (Å²) in [5.74, 6) is 0.476. The van der Waals surface area contributed by atoms with E-state index in [9.17, 15) is 10.1 Å². The van der Waals surface area contributed by atoms with Crippen LogP contribution in [0.2, 0.25) is 0 Å². The zero-order valence-corrected chi connectivity index (χ0v) is 17.8. The molecule has 2 aliphatic rings. The molecule has 0 saturated carbocycles. The summed E-state index contributed by atoms with van der Waals surface area (Å²) in [7, 11) is 1.59. The maximum absolute atomic E-state index is 13.2. The molecule has 2 N–H and O–H groups in total. The predicted octanol–water partition coefficient (Wildman–Crippen LogP) is 3.78. The van der Waals surface area contributed by atoms with E-state index in [4.69, 9.17) is 20.2 Å². The van der Waals surface area contributed by atoms with Crippen molar-refractivity contribution in [3.63, 3.8) is 0 Å². The van der Waals surface area contributed by atoms with Gasteiger partial charge in [-0.15, -0.1) is 0 Å².